The highest BCUT2D eigenvalue weighted by molar-refractivity contribution is 7.89. The molecule has 116 valence electrons. The molecule has 0 aliphatic carbocycles. The molecule has 1 aliphatic rings. The van der Waals surface area contributed by atoms with Crippen LogP contribution in [-0.2, 0) is 19.6 Å². The van der Waals surface area contributed by atoms with Gasteiger partial charge in [0.25, 0.3) is 0 Å². The minimum atomic E-state index is -3.65. The fourth-order valence-corrected chi connectivity index (χ4v) is 4.52. The Hall–Kier alpha value is -1.11. The highest BCUT2D eigenvalue weighted by atomic mass is 35.5. The van der Waals surface area contributed by atoms with Crippen molar-refractivity contribution in [1.29, 1.82) is 0 Å². The van der Waals surface area contributed by atoms with Gasteiger partial charge in [-0.1, -0.05) is 17.7 Å². The maximum absolute atomic E-state index is 12.7. The van der Waals surface area contributed by atoms with Gasteiger partial charge >= 0.3 is 5.97 Å². The standard InChI is InChI=1S/C14H18ClNO4S/c1-10-5-6-12(15)8-13(10)21(18,19)16-7-3-4-11(9-16)14(17)20-2/h5-6,8,11H,3-4,7,9H2,1-2H3. The number of esters is 1. The van der Waals surface area contributed by atoms with Gasteiger partial charge < -0.3 is 4.74 Å². The van der Waals surface area contributed by atoms with Crippen LogP contribution in [0.2, 0.25) is 5.02 Å². The van der Waals surface area contributed by atoms with Gasteiger partial charge in [-0.25, -0.2) is 8.42 Å². The van der Waals surface area contributed by atoms with E-state index in [9.17, 15) is 13.2 Å². The number of hydrogen-bond acceptors (Lipinski definition) is 4. The van der Waals surface area contributed by atoms with E-state index in [-0.39, 0.29) is 17.4 Å². The molecule has 2 rings (SSSR count). The zero-order valence-corrected chi connectivity index (χ0v) is 13.6. The van der Waals surface area contributed by atoms with Gasteiger partial charge in [-0.15, -0.1) is 0 Å². The van der Waals surface area contributed by atoms with Gasteiger partial charge in [0, 0.05) is 18.1 Å². The third-order valence-electron chi connectivity index (χ3n) is 3.69. The van der Waals surface area contributed by atoms with Gasteiger partial charge in [-0.05, 0) is 37.5 Å². The van der Waals surface area contributed by atoms with E-state index in [4.69, 9.17) is 16.3 Å². The number of benzene rings is 1. The molecule has 0 radical (unpaired) electrons. The van der Waals surface area contributed by atoms with Crippen molar-refractivity contribution >= 4 is 27.6 Å². The monoisotopic (exact) mass is 331 g/mol. The lowest BCUT2D eigenvalue weighted by Gasteiger charge is -2.30. The molecule has 1 heterocycles. The van der Waals surface area contributed by atoms with Crippen LogP contribution in [0, 0.1) is 12.8 Å². The van der Waals surface area contributed by atoms with Crippen molar-refractivity contribution in [2.45, 2.75) is 24.7 Å². The zero-order valence-electron chi connectivity index (χ0n) is 12.0. The minimum absolute atomic E-state index is 0.154. The van der Waals surface area contributed by atoms with Crippen LogP contribution in [-0.4, -0.2) is 38.9 Å². The number of aryl methyl sites for hydroxylation is 1. The summed E-state index contributed by atoms with van der Waals surface area (Å²) < 4.78 is 31.5. The van der Waals surface area contributed by atoms with Crippen LogP contribution in [0.3, 0.4) is 0 Å². The number of rotatable bonds is 3. The topological polar surface area (TPSA) is 63.7 Å². The Morgan fingerprint density at radius 2 is 2.14 bits per heavy atom. The van der Waals surface area contributed by atoms with Crippen LogP contribution in [0.5, 0.6) is 0 Å². The number of ether oxygens (including phenoxy) is 1. The summed E-state index contributed by atoms with van der Waals surface area (Å²) in [7, 11) is -2.33. The Labute approximate surface area is 129 Å². The summed E-state index contributed by atoms with van der Waals surface area (Å²) in [6.07, 6.45) is 1.28. The maximum Gasteiger partial charge on any atom is 0.309 e. The Morgan fingerprint density at radius 3 is 2.81 bits per heavy atom. The predicted octanol–water partition coefficient (Wildman–Crippen LogP) is 2.22. The van der Waals surface area contributed by atoms with E-state index in [1.807, 2.05) is 0 Å². The van der Waals surface area contributed by atoms with Crippen molar-refractivity contribution < 1.29 is 17.9 Å². The fraction of sp³-hybridized carbons (Fsp3) is 0.500. The normalized spacial score (nSPS) is 20.2. The van der Waals surface area contributed by atoms with E-state index >= 15 is 0 Å². The molecule has 0 N–H and O–H groups in total. The molecule has 1 aromatic carbocycles. The molecule has 1 fully saturated rings. The Balaban J connectivity index is 2.31. The number of methoxy groups -OCH3 is 1. The minimum Gasteiger partial charge on any atom is -0.469 e. The summed E-state index contributed by atoms with van der Waals surface area (Å²) >= 11 is 5.91. The SMILES string of the molecule is COC(=O)C1CCCN(S(=O)(=O)c2cc(Cl)ccc2C)C1. The third kappa shape index (κ3) is 3.39. The van der Waals surface area contributed by atoms with Crippen LogP contribution in [0.25, 0.3) is 0 Å². The summed E-state index contributed by atoms with van der Waals surface area (Å²) in [6.45, 7) is 2.29. The zero-order chi connectivity index (χ0) is 15.6. The van der Waals surface area contributed by atoms with Crippen LogP contribution in [0.4, 0.5) is 0 Å². The second-order valence-corrected chi connectivity index (χ2v) is 7.48. The number of sulfonamides is 1. The highest BCUT2D eigenvalue weighted by Crippen LogP contribution is 2.27. The van der Waals surface area contributed by atoms with Crippen LogP contribution < -0.4 is 0 Å². The molecule has 0 spiro atoms. The van der Waals surface area contributed by atoms with E-state index in [0.29, 0.717) is 30.0 Å². The predicted molar refractivity (Wildman–Crippen MR) is 79.7 cm³/mol. The van der Waals surface area contributed by atoms with Crippen molar-refractivity contribution in [3.63, 3.8) is 0 Å². The molecular formula is C14H18ClNO4S. The summed E-state index contributed by atoms with van der Waals surface area (Å²) in [5.41, 5.74) is 0.639. The molecule has 1 atom stereocenters. The number of piperidine rings is 1. The molecule has 1 saturated heterocycles. The average Bonchev–Trinajstić information content (AvgIpc) is 2.49. The molecule has 0 amide bonds. The van der Waals surface area contributed by atoms with E-state index in [0.717, 1.165) is 0 Å². The quantitative estimate of drug-likeness (QED) is 0.797. The van der Waals surface area contributed by atoms with E-state index in [2.05, 4.69) is 0 Å². The smallest absolute Gasteiger partial charge is 0.309 e. The summed E-state index contributed by atoms with van der Waals surface area (Å²) in [5.74, 6) is -0.768. The highest BCUT2D eigenvalue weighted by Gasteiger charge is 2.34. The van der Waals surface area contributed by atoms with Gasteiger partial charge in [-0.3, -0.25) is 4.79 Å². The molecule has 0 saturated carbocycles. The van der Waals surface area contributed by atoms with Gasteiger partial charge in [0.15, 0.2) is 0 Å². The lowest BCUT2D eigenvalue weighted by atomic mass is 10.0. The first kappa shape index (κ1) is 16.3. The van der Waals surface area contributed by atoms with Crippen molar-refractivity contribution in [1.82, 2.24) is 4.31 Å². The largest absolute Gasteiger partial charge is 0.469 e. The number of carbonyl (C=O) groups excluding carboxylic acids is 1. The Morgan fingerprint density at radius 1 is 1.43 bits per heavy atom. The molecule has 7 heteroatoms. The molecule has 1 aliphatic heterocycles. The van der Waals surface area contributed by atoms with Crippen LogP contribution in [0.15, 0.2) is 23.1 Å². The Kier molecular flexibility index (Phi) is 4.91. The molecule has 1 unspecified atom stereocenters. The summed E-state index contributed by atoms with van der Waals surface area (Å²) in [6, 6.07) is 4.79. The van der Waals surface area contributed by atoms with Crippen molar-refractivity contribution in [3.05, 3.63) is 28.8 Å². The number of hydrogen-bond donors (Lipinski definition) is 0. The fourth-order valence-electron chi connectivity index (χ4n) is 2.51. The van der Waals surface area contributed by atoms with E-state index in [1.54, 1.807) is 19.1 Å². The first-order valence-corrected chi connectivity index (χ1v) is 8.52. The van der Waals surface area contributed by atoms with Crippen LogP contribution >= 0.6 is 11.6 Å². The number of nitrogens with zero attached hydrogens (tertiary/aromatic N) is 1. The second-order valence-electron chi connectivity index (χ2n) is 5.14. The van der Waals surface area contributed by atoms with Crippen molar-refractivity contribution in [2.75, 3.05) is 20.2 Å². The second kappa shape index (κ2) is 6.34. The molecule has 21 heavy (non-hydrogen) atoms. The molecular weight excluding hydrogens is 314 g/mol. The van der Waals surface area contributed by atoms with Crippen molar-refractivity contribution in [3.8, 4) is 0 Å². The third-order valence-corrected chi connectivity index (χ3v) is 5.93. The summed E-state index contributed by atoms with van der Waals surface area (Å²) in [5, 5.41) is 0.376. The number of halogens is 1. The van der Waals surface area contributed by atoms with Crippen LogP contribution in [0.1, 0.15) is 18.4 Å². The molecule has 5 nitrogen and oxygen atoms in total. The summed E-state index contributed by atoms with van der Waals surface area (Å²) in [4.78, 5) is 11.8. The molecule has 0 bridgehead atoms. The van der Waals surface area contributed by atoms with Gasteiger partial charge in [0.1, 0.15) is 0 Å². The van der Waals surface area contributed by atoms with Crippen molar-refractivity contribution in [2.24, 2.45) is 5.92 Å². The Bertz CT molecular complexity index is 644. The van der Waals surface area contributed by atoms with Gasteiger partial charge in [0.05, 0.1) is 17.9 Å². The lowest BCUT2D eigenvalue weighted by Crippen LogP contribution is -2.42. The first-order chi connectivity index (χ1) is 9.86. The van der Waals surface area contributed by atoms with Gasteiger partial charge in [0.2, 0.25) is 10.0 Å². The average molecular weight is 332 g/mol. The molecule has 1 aromatic rings. The maximum atomic E-state index is 12.7. The number of carbonyl (C=O) groups is 1. The lowest BCUT2D eigenvalue weighted by molar-refractivity contribution is -0.146. The first-order valence-electron chi connectivity index (χ1n) is 6.70. The van der Waals surface area contributed by atoms with E-state index < -0.39 is 15.9 Å². The van der Waals surface area contributed by atoms with E-state index in [1.165, 1.54) is 17.5 Å². The van der Waals surface area contributed by atoms with Gasteiger partial charge in [-0.2, -0.15) is 4.31 Å². The molecule has 0 aromatic heterocycles.